The zero-order valence-corrected chi connectivity index (χ0v) is 12.8. The lowest BCUT2D eigenvalue weighted by molar-refractivity contribution is -0.131. The number of hydrogen-bond donors (Lipinski definition) is 2. The number of β-amino-alcohol motifs (C(OH)–C–C–N with tert-alkyl or cyclic N) is 1. The Morgan fingerprint density at radius 1 is 1.27 bits per heavy atom. The van der Waals surface area contributed by atoms with Gasteiger partial charge >= 0.3 is 0 Å². The molecule has 0 saturated carbocycles. The SMILES string of the molecule is CN(CCc1cccc2ccccc12)C(=O)[C@@H]1C[C@H](O)CN1. The molecule has 4 heteroatoms. The number of aliphatic hydroxyl groups is 1. The normalized spacial score (nSPS) is 21.2. The molecule has 2 N–H and O–H groups in total. The highest BCUT2D eigenvalue weighted by Gasteiger charge is 2.29. The average Bonchev–Trinajstić information content (AvgIpc) is 2.98. The Morgan fingerprint density at radius 3 is 2.82 bits per heavy atom. The quantitative estimate of drug-likeness (QED) is 0.901. The molecule has 0 aliphatic carbocycles. The molecule has 1 aliphatic heterocycles. The van der Waals surface area contributed by atoms with E-state index in [-0.39, 0.29) is 11.9 Å². The van der Waals surface area contributed by atoms with Gasteiger partial charge in [0.15, 0.2) is 0 Å². The van der Waals surface area contributed by atoms with E-state index >= 15 is 0 Å². The van der Waals surface area contributed by atoms with Crippen molar-refractivity contribution in [3.8, 4) is 0 Å². The number of rotatable bonds is 4. The summed E-state index contributed by atoms with van der Waals surface area (Å²) in [6, 6.07) is 14.4. The molecule has 22 heavy (non-hydrogen) atoms. The van der Waals surface area contributed by atoms with Crippen LogP contribution in [0.15, 0.2) is 42.5 Å². The van der Waals surface area contributed by atoms with Gasteiger partial charge in [0.25, 0.3) is 0 Å². The molecular formula is C18H22N2O2. The van der Waals surface area contributed by atoms with Gasteiger partial charge in [0.2, 0.25) is 5.91 Å². The molecule has 0 bridgehead atoms. The minimum Gasteiger partial charge on any atom is -0.392 e. The molecule has 0 aromatic heterocycles. The number of hydrogen-bond acceptors (Lipinski definition) is 3. The van der Waals surface area contributed by atoms with Gasteiger partial charge in [0.1, 0.15) is 0 Å². The van der Waals surface area contributed by atoms with Crippen molar-refractivity contribution in [2.45, 2.75) is 25.0 Å². The molecule has 1 fully saturated rings. The predicted octanol–water partition coefficient (Wildman–Crippen LogP) is 1.56. The summed E-state index contributed by atoms with van der Waals surface area (Å²) in [6.45, 7) is 1.19. The molecule has 116 valence electrons. The molecule has 0 spiro atoms. The van der Waals surface area contributed by atoms with Crippen molar-refractivity contribution >= 4 is 16.7 Å². The van der Waals surface area contributed by atoms with Gasteiger partial charge in [-0.15, -0.1) is 0 Å². The van der Waals surface area contributed by atoms with Crippen LogP contribution in [0.1, 0.15) is 12.0 Å². The lowest BCUT2D eigenvalue weighted by Crippen LogP contribution is -2.42. The van der Waals surface area contributed by atoms with Gasteiger partial charge in [-0.25, -0.2) is 0 Å². The predicted molar refractivity (Wildman–Crippen MR) is 87.7 cm³/mol. The summed E-state index contributed by atoms with van der Waals surface area (Å²) in [5, 5.41) is 15.1. The first kappa shape index (κ1) is 15.0. The van der Waals surface area contributed by atoms with E-state index in [9.17, 15) is 9.90 Å². The summed E-state index contributed by atoms with van der Waals surface area (Å²) in [4.78, 5) is 14.1. The van der Waals surface area contributed by atoms with Crippen LogP contribution in [0.2, 0.25) is 0 Å². The number of benzene rings is 2. The molecule has 2 aromatic carbocycles. The van der Waals surface area contributed by atoms with Crippen LogP contribution in [-0.4, -0.2) is 48.2 Å². The first-order chi connectivity index (χ1) is 10.6. The van der Waals surface area contributed by atoms with E-state index in [2.05, 4.69) is 35.6 Å². The van der Waals surface area contributed by atoms with Crippen molar-refractivity contribution in [2.75, 3.05) is 20.1 Å². The van der Waals surface area contributed by atoms with E-state index in [0.717, 1.165) is 6.42 Å². The molecule has 0 unspecified atom stereocenters. The van der Waals surface area contributed by atoms with Crippen LogP contribution < -0.4 is 5.32 Å². The Kier molecular flexibility index (Phi) is 4.41. The monoisotopic (exact) mass is 298 g/mol. The highest BCUT2D eigenvalue weighted by atomic mass is 16.3. The minimum atomic E-state index is -0.402. The second-order valence-corrected chi connectivity index (χ2v) is 6.00. The Hall–Kier alpha value is -1.91. The van der Waals surface area contributed by atoms with Crippen LogP contribution in [0.3, 0.4) is 0 Å². The van der Waals surface area contributed by atoms with Crippen molar-refractivity contribution in [3.05, 3.63) is 48.0 Å². The van der Waals surface area contributed by atoms with E-state index in [4.69, 9.17) is 0 Å². The van der Waals surface area contributed by atoms with E-state index in [1.807, 2.05) is 19.2 Å². The summed E-state index contributed by atoms with van der Waals surface area (Å²) in [5.41, 5.74) is 1.26. The van der Waals surface area contributed by atoms with Gasteiger partial charge in [0, 0.05) is 20.1 Å². The Bertz CT molecular complexity index is 666. The molecule has 1 aliphatic rings. The van der Waals surface area contributed by atoms with E-state index < -0.39 is 6.10 Å². The summed E-state index contributed by atoms with van der Waals surface area (Å²) < 4.78 is 0. The Balaban J connectivity index is 1.65. The summed E-state index contributed by atoms with van der Waals surface area (Å²) >= 11 is 0. The van der Waals surface area contributed by atoms with Crippen LogP contribution in [0, 0.1) is 0 Å². The molecule has 3 rings (SSSR count). The van der Waals surface area contributed by atoms with E-state index in [1.165, 1.54) is 16.3 Å². The zero-order valence-electron chi connectivity index (χ0n) is 12.8. The number of carbonyl (C=O) groups is 1. The maximum atomic E-state index is 12.3. The van der Waals surface area contributed by atoms with Crippen molar-refractivity contribution in [1.82, 2.24) is 10.2 Å². The van der Waals surface area contributed by atoms with Gasteiger partial charge in [0.05, 0.1) is 12.1 Å². The molecule has 2 aromatic rings. The van der Waals surface area contributed by atoms with Gasteiger partial charge < -0.3 is 15.3 Å². The Labute approximate surface area is 130 Å². The van der Waals surface area contributed by atoms with Gasteiger partial charge in [-0.05, 0) is 29.2 Å². The number of aliphatic hydroxyl groups excluding tert-OH is 1. The third-order valence-electron chi connectivity index (χ3n) is 4.38. The van der Waals surface area contributed by atoms with E-state index in [1.54, 1.807) is 4.90 Å². The van der Waals surface area contributed by atoms with Crippen LogP contribution in [0.4, 0.5) is 0 Å². The zero-order chi connectivity index (χ0) is 15.5. The molecule has 1 amide bonds. The number of amides is 1. The number of carbonyl (C=O) groups excluding carboxylic acids is 1. The maximum Gasteiger partial charge on any atom is 0.239 e. The Morgan fingerprint density at radius 2 is 2.05 bits per heavy atom. The number of fused-ring (bicyclic) bond motifs is 1. The number of likely N-dealkylation sites (N-methyl/N-ethyl adjacent to an activating group) is 1. The second kappa shape index (κ2) is 6.46. The van der Waals surface area contributed by atoms with Crippen molar-refractivity contribution in [1.29, 1.82) is 0 Å². The van der Waals surface area contributed by atoms with Gasteiger partial charge in [-0.1, -0.05) is 42.5 Å². The topological polar surface area (TPSA) is 52.6 Å². The first-order valence-electron chi connectivity index (χ1n) is 7.78. The molecule has 0 radical (unpaired) electrons. The average molecular weight is 298 g/mol. The lowest BCUT2D eigenvalue weighted by Gasteiger charge is -2.21. The summed E-state index contributed by atoms with van der Waals surface area (Å²) in [7, 11) is 1.83. The number of nitrogens with one attached hydrogen (secondary N) is 1. The fourth-order valence-electron chi connectivity index (χ4n) is 3.08. The fourth-order valence-corrected chi connectivity index (χ4v) is 3.08. The molecule has 1 heterocycles. The molecule has 4 nitrogen and oxygen atoms in total. The third-order valence-corrected chi connectivity index (χ3v) is 4.38. The minimum absolute atomic E-state index is 0.0665. The van der Waals surface area contributed by atoms with Crippen molar-refractivity contribution in [3.63, 3.8) is 0 Å². The second-order valence-electron chi connectivity index (χ2n) is 6.00. The van der Waals surface area contributed by atoms with Crippen LogP contribution in [0.25, 0.3) is 10.8 Å². The summed E-state index contributed by atoms with van der Waals surface area (Å²) in [6.07, 6.45) is 0.941. The van der Waals surface area contributed by atoms with E-state index in [0.29, 0.717) is 19.5 Å². The molecular weight excluding hydrogens is 276 g/mol. The third kappa shape index (κ3) is 3.13. The highest BCUT2D eigenvalue weighted by Crippen LogP contribution is 2.19. The van der Waals surface area contributed by atoms with Gasteiger partial charge in [-0.3, -0.25) is 4.79 Å². The van der Waals surface area contributed by atoms with Crippen molar-refractivity contribution < 1.29 is 9.90 Å². The molecule has 1 saturated heterocycles. The maximum absolute atomic E-state index is 12.3. The van der Waals surface area contributed by atoms with Crippen LogP contribution >= 0.6 is 0 Å². The largest absolute Gasteiger partial charge is 0.392 e. The van der Waals surface area contributed by atoms with Gasteiger partial charge in [-0.2, -0.15) is 0 Å². The standard InChI is InChI=1S/C18H22N2O2/c1-20(18(22)17-11-15(21)12-19-17)10-9-14-7-4-6-13-5-2-3-8-16(13)14/h2-8,15,17,19,21H,9-12H2,1H3/t15-,17-/m0/s1. The first-order valence-corrected chi connectivity index (χ1v) is 7.78. The highest BCUT2D eigenvalue weighted by molar-refractivity contribution is 5.86. The smallest absolute Gasteiger partial charge is 0.239 e. The summed E-state index contributed by atoms with van der Waals surface area (Å²) in [5.74, 6) is 0.0665. The lowest BCUT2D eigenvalue weighted by atomic mass is 10.0. The molecule has 2 atom stereocenters. The van der Waals surface area contributed by atoms with Crippen LogP contribution in [-0.2, 0) is 11.2 Å². The van der Waals surface area contributed by atoms with Crippen molar-refractivity contribution in [2.24, 2.45) is 0 Å². The number of nitrogens with zero attached hydrogens (tertiary/aromatic N) is 1. The fraction of sp³-hybridized carbons (Fsp3) is 0.389. The van der Waals surface area contributed by atoms with Crippen LogP contribution in [0.5, 0.6) is 0 Å².